The van der Waals surface area contributed by atoms with Crippen molar-refractivity contribution in [3.63, 3.8) is 0 Å². The second kappa shape index (κ2) is 10.9. The van der Waals surface area contributed by atoms with E-state index in [0.29, 0.717) is 12.4 Å². The highest BCUT2D eigenvalue weighted by Gasteiger charge is 2.24. The number of hydrogen-bond donors (Lipinski definition) is 0. The van der Waals surface area contributed by atoms with Gasteiger partial charge in [0.2, 0.25) is 0 Å². The molecule has 1 atom stereocenters. The smallest absolute Gasteiger partial charge is 0.380 e. The van der Waals surface area contributed by atoms with E-state index in [-0.39, 0.29) is 11.5 Å². The molecule has 0 fully saturated rings. The fourth-order valence-corrected chi connectivity index (χ4v) is 4.72. The predicted molar refractivity (Wildman–Crippen MR) is 123 cm³/mol. The van der Waals surface area contributed by atoms with E-state index in [0.717, 1.165) is 16.9 Å². The van der Waals surface area contributed by atoms with E-state index in [1.165, 1.54) is 0 Å². The average molecular weight is 449 g/mol. The zero-order valence-electron chi connectivity index (χ0n) is 18.3. The van der Waals surface area contributed by atoms with Gasteiger partial charge < -0.3 is 4.52 Å². The SMILES string of the molecule is CCOP(=S)(Oc1cnc(C(C)(C)C)nc1)OC(C)C.c1ccc2nccnc2c1. The molecule has 0 saturated carbocycles. The molecule has 1 aromatic carbocycles. The van der Waals surface area contributed by atoms with Crippen molar-refractivity contribution in [2.45, 2.75) is 53.1 Å². The van der Waals surface area contributed by atoms with Crippen LogP contribution < -0.4 is 4.52 Å². The van der Waals surface area contributed by atoms with Crippen molar-refractivity contribution in [1.29, 1.82) is 0 Å². The first-order chi connectivity index (χ1) is 14.1. The van der Waals surface area contributed by atoms with Crippen molar-refractivity contribution < 1.29 is 13.6 Å². The highest BCUT2D eigenvalue weighted by molar-refractivity contribution is 8.07. The van der Waals surface area contributed by atoms with E-state index in [4.69, 9.17) is 25.4 Å². The van der Waals surface area contributed by atoms with Crippen LogP contribution in [0.4, 0.5) is 0 Å². The van der Waals surface area contributed by atoms with Gasteiger partial charge in [-0.15, -0.1) is 0 Å². The molecule has 162 valence electrons. The second-order valence-electron chi connectivity index (χ2n) is 7.65. The summed E-state index contributed by atoms with van der Waals surface area (Å²) in [6, 6.07) is 7.80. The zero-order valence-corrected chi connectivity index (χ0v) is 20.0. The zero-order chi connectivity index (χ0) is 22.2. The van der Waals surface area contributed by atoms with Gasteiger partial charge in [0, 0.05) is 29.6 Å². The number of rotatable bonds is 6. The summed E-state index contributed by atoms with van der Waals surface area (Å²) in [5.41, 5.74) is 1.79. The van der Waals surface area contributed by atoms with Crippen molar-refractivity contribution in [2.24, 2.45) is 0 Å². The average Bonchev–Trinajstić information content (AvgIpc) is 2.67. The van der Waals surface area contributed by atoms with Crippen LogP contribution in [0, 0.1) is 0 Å². The Morgan fingerprint density at radius 2 is 1.50 bits per heavy atom. The fraction of sp³-hybridized carbons (Fsp3) is 0.429. The Labute approximate surface area is 183 Å². The molecule has 2 heterocycles. The molecule has 7 nitrogen and oxygen atoms in total. The molecule has 1 unspecified atom stereocenters. The number of hydrogen-bond acceptors (Lipinski definition) is 8. The van der Waals surface area contributed by atoms with Gasteiger partial charge in [-0.25, -0.2) is 9.97 Å². The lowest BCUT2D eigenvalue weighted by Gasteiger charge is -2.23. The third-order valence-corrected chi connectivity index (χ3v) is 6.01. The van der Waals surface area contributed by atoms with Crippen LogP contribution in [0.1, 0.15) is 47.4 Å². The van der Waals surface area contributed by atoms with Crippen LogP contribution in [0.3, 0.4) is 0 Å². The minimum Gasteiger partial charge on any atom is -0.421 e. The molecule has 0 amide bonds. The summed E-state index contributed by atoms with van der Waals surface area (Å²) in [5, 5.41) is 0. The van der Waals surface area contributed by atoms with Crippen molar-refractivity contribution >= 4 is 29.6 Å². The van der Waals surface area contributed by atoms with Gasteiger partial charge >= 0.3 is 6.72 Å². The molecular weight excluding hydrogens is 419 g/mol. The van der Waals surface area contributed by atoms with E-state index in [1.54, 1.807) is 24.8 Å². The van der Waals surface area contributed by atoms with Gasteiger partial charge in [-0.05, 0) is 32.9 Å². The van der Waals surface area contributed by atoms with Gasteiger partial charge in [0.25, 0.3) is 0 Å². The molecule has 30 heavy (non-hydrogen) atoms. The monoisotopic (exact) mass is 448 g/mol. The van der Waals surface area contributed by atoms with Gasteiger partial charge in [-0.2, -0.15) is 0 Å². The fourth-order valence-electron chi connectivity index (χ4n) is 2.28. The minimum atomic E-state index is -2.80. The van der Waals surface area contributed by atoms with Crippen LogP contribution >= 0.6 is 6.72 Å². The Hall–Kier alpha value is -1.99. The summed E-state index contributed by atoms with van der Waals surface area (Å²) in [6.45, 7) is 9.43. The summed E-state index contributed by atoms with van der Waals surface area (Å²) in [5.74, 6) is 1.22. The highest BCUT2D eigenvalue weighted by atomic mass is 32.5. The topological polar surface area (TPSA) is 79.2 Å². The lowest BCUT2D eigenvalue weighted by molar-refractivity contribution is 0.171. The molecule has 0 aliphatic heterocycles. The Morgan fingerprint density at radius 3 is 1.93 bits per heavy atom. The Kier molecular flexibility index (Phi) is 8.79. The van der Waals surface area contributed by atoms with E-state index in [2.05, 4.69) is 40.7 Å². The number of fused-ring (bicyclic) bond motifs is 1. The maximum absolute atomic E-state index is 5.68. The van der Waals surface area contributed by atoms with E-state index < -0.39 is 6.72 Å². The number of nitrogens with zero attached hydrogens (tertiary/aromatic N) is 4. The summed E-state index contributed by atoms with van der Waals surface area (Å²) in [4.78, 5) is 16.8. The van der Waals surface area contributed by atoms with Gasteiger partial charge in [-0.1, -0.05) is 32.9 Å². The summed E-state index contributed by atoms with van der Waals surface area (Å²) in [7, 11) is 0. The molecular formula is C21H29N4O3PS. The van der Waals surface area contributed by atoms with Crippen LogP contribution in [0.25, 0.3) is 11.0 Å². The number of benzene rings is 1. The van der Waals surface area contributed by atoms with Crippen LogP contribution in [-0.4, -0.2) is 32.6 Å². The molecule has 0 aliphatic carbocycles. The first-order valence-corrected chi connectivity index (χ1v) is 12.3. The second-order valence-corrected chi connectivity index (χ2v) is 10.5. The molecule has 9 heteroatoms. The van der Waals surface area contributed by atoms with Crippen LogP contribution in [0.15, 0.2) is 49.1 Å². The molecule has 3 rings (SSSR count). The van der Waals surface area contributed by atoms with Gasteiger partial charge in [0.15, 0.2) is 5.75 Å². The van der Waals surface area contributed by atoms with Crippen LogP contribution in [0.5, 0.6) is 5.75 Å². The summed E-state index contributed by atoms with van der Waals surface area (Å²) >= 11 is 5.35. The van der Waals surface area contributed by atoms with Gasteiger partial charge in [0.05, 0.1) is 36.1 Å². The molecule has 0 N–H and O–H groups in total. The molecule has 0 radical (unpaired) electrons. The quantitative estimate of drug-likeness (QED) is 0.460. The maximum Gasteiger partial charge on any atom is 0.380 e. The van der Waals surface area contributed by atoms with Crippen molar-refractivity contribution in [3.8, 4) is 5.75 Å². The number of para-hydroxylation sites is 2. The minimum absolute atomic E-state index is 0.0675. The van der Waals surface area contributed by atoms with Crippen molar-refractivity contribution in [3.05, 3.63) is 54.9 Å². The third-order valence-electron chi connectivity index (χ3n) is 3.52. The molecule has 3 aromatic rings. The molecule has 0 bridgehead atoms. The van der Waals surface area contributed by atoms with Gasteiger partial charge in [-0.3, -0.25) is 19.0 Å². The normalized spacial score (nSPS) is 13.4. The Bertz CT molecular complexity index is 912. The Balaban J connectivity index is 0.000000263. The first-order valence-electron chi connectivity index (χ1n) is 9.74. The largest absolute Gasteiger partial charge is 0.421 e. The number of aromatic nitrogens is 4. The predicted octanol–water partition coefficient (Wildman–Crippen LogP) is 5.47. The Morgan fingerprint density at radius 1 is 0.967 bits per heavy atom. The lowest BCUT2D eigenvalue weighted by Crippen LogP contribution is -2.15. The molecule has 0 aliphatic rings. The highest BCUT2D eigenvalue weighted by Crippen LogP contribution is 2.50. The van der Waals surface area contributed by atoms with Crippen molar-refractivity contribution in [1.82, 2.24) is 19.9 Å². The molecule has 0 spiro atoms. The van der Waals surface area contributed by atoms with Crippen molar-refractivity contribution in [2.75, 3.05) is 6.61 Å². The summed E-state index contributed by atoms with van der Waals surface area (Å²) in [6.07, 6.45) is 6.54. The van der Waals surface area contributed by atoms with Gasteiger partial charge in [0.1, 0.15) is 5.82 Å². The molecule has 0 saturated heterocycles. The maximum atomic E-state index is 5.68. The standard InChI is InChI=1S/C13H23N2O3PS.C8H6N2/c1-7-16-19(20,17-10(2)3)18-11-8-14-12(15-9-11)13(4,5)6;1-2-4-8-7(3-1)9-5-6-10-8/h8-10H,7H2,1-6H3;1-6H. The van der Waals surface area contributed by atoms with Crippen LogP contribution in [0.2, 0.25) is 0 Å². The summed E-state index contributed by atoms with van der Waals surface area (Å²) < 4.78 is 16.8. The van der Waals surface area contributed by atoms with E-state index in [9.17, 15) is 0 Å². The third kappa shape index (κ3) is 7.69. The first kappa shape index (κ1) is 24.3. The van der Waals surface area contributed by atoms with E-state index in [1.807, 2.05) is 45.0 Å². The lowest BCUT2D eigenvalue weighted by atomic mass is 9.96. The van der Waals surface area contributed by atoms with Crippen LogP contribution in [-0.2, 0) is 26.3 Å². The van der Waals surface area contributed by atoms with E-state index >= 15 is 0 Å². The molecule has 2 aromatic heterocycles.